The second-order valence-electron chi connectivity index (χ2n) is 4.73. The number of nitrogens with zero attached hydrogens (tertiary/aromatic N) is 1. The number of piperidine rings is 1. The van der Waals surface area contributed by atoms with Gasteiger partial charge in [-0.3, -0.25) is 4.79 Å². The van der Waals surface area contributed by atoms with Crippen LogP contribution in [0.15, 0.2) is 0 Å². The number of ether oxygens (including phenoxy) is 2. The number of rotatable bonds is 5. The average molecular weight is 272 g/mol. The molecule has 2 atom stereocenters. The number of nitrogens with two attached hydrogens (primary N) is 1. The van der Waals surface area contributed by atoms with Gasteiger partial charge in [-0.05, 0) is 19.8 Å². The summed E-state index contributed by atoms with van der Waals surface area (Å²) in [6, 6.07) is -0.383. The van der Waals surface area contributed by atoms with E-state index in [1.165, 1.54) is 0 Å². The van der Waals surface area contributed by atoms with E-state index in [9.17, 15) is 9.59 Å². The predicted octanol–water partition coefficient (Wildman–Crippen LogP) is 1.14. The minimum absolute atomic E-state index is 0.269. The van der Waals surface area contributed by atoms with Crippen LogP contribution in [-0.2, 0) is 14.3 Å². The van der Waals surface area contributed by atoms with Crippen molar-refractivity contribution >= 4 is 12.1 Å². The molecule has 1 fully saturated rings. The maximum Gasteiger partial charge on any atom is 0.409 e. The zero-order valence-electron chi connectivity index (χ0n) is 11.8. The summed E-state index contributed by atoms with van der Waals surface area (Å²) >= 11 is 0. The first-order valence-electron chi connectivity index (χ1n) is 6.94. The molecule has 1 saturated heterocycles. The molecule has 0 aromatic carbocycles. The van der Waals surface area contributed by atoms with Crippen molar-refractivity contribution in [2.45, 2.75) is 39.2 Å². The lowest BCUT2D eigenvalue weighted by molar-refractivity contribution is -0.150. The van der Waals surface area contributed by atoms with Crippen molar-refractivity contribution in [1.82, 2.24) is 4.90 Å². The molecule has 6 heteroatoms. The summed E-state index contributed by atoms with van der Waals surface area (Å²) in [6.07, 6.45) is 2.03. The number of hydrogen-bond donors (Lipinski definition) is 1. The molecule has 1 aliphatic rings. The van der Waals surface area contributed by atoms with Crippen LogP contribution in [0.5, 0.6) is 0 Å². The van der Waals surface area contributed by atoms with Gasteiger partial charge in [0.05, 0.1) is 19.1 Å². The number of carbonyl (C=O) groups is 2. The summed E-state index contributed by atoms with van der Waals surface area (Å²) in [5, 5.41) is 0. The van der Waals surface area contributed by atoms with Crippen LogP contribution in [-0.4, -0.2) is 49.3 Å². The maximum atomic E-state index is 11.8. The smallest absolute Gasteiger partial charge is 0.409 e. The van der Waals surface area contributed by atoms with Gasteiger partial charge < -0.3 is 20.1 Å². The molecule has 1 amide bonds. The number of esters is 1. The zero-order valence-corrected chi connectivity index (χ0v) is 11.8. The van der Waals surface area contributed by atoms with Crippen LogP contribution in [0.1, 0.15) is 33.1 Å². The molecule has 0 aromatic rings. The van der Waals surface area contributed by atoms with E-state index in [0.717, 1.165) is 12.8 Å². The van der Waals surface area contributed by atoms with E-state index in [4.69, 9.17) is 15.2 Å². The molecule has 0 aromatic heterocycles. The molecule has 0 radical (unpaired) electrons. The third-order valence-corrected chi connectivity index (χ3v) is 3.23. The Hall–Kier alpha value is -1.30. The molecule has 0 aliphatic carbocycles. The minimum Gasteiger partial charge on any atom is -0.466 e. The lowest BCUT2D eigenvalue weighted by Gasteiger charge is -2.34. The quantitative estimate of drug-likeness (QED) is 0.599. The summed E-state index contributed by atoms with van der Waals surface area (Å²) in [7, 11) is 0. The molecule has 1 aliphatic heterocycles. The van der Waals surface area contributed by atoms with E-state index in [2.05, 4.69) is 0 Å². The Morgan fingerprint density at radius 1 is 1.32 bits per heavy atom. The number of likely N-dealkylation sites (tertiary alicyclic amines) is 1. The molecule has 2 N–H and O–H groups in total. The monoisotopic (exact) mass is 272 g/mol. The van der Waals surface area contributed by atoms with Crippen molar-refractivity contribution < 1.29 is 19.1 Å². The Bertz CT molecular complexity index is 309. The van der Waals surface area contributed by atoms with Crippen molar-refractivity contribution in [3.63, 3.8) is 0 Å². The van der Waals surface area contributed by atoms with Gasteiger partial charge in [0.15, 0.2) is 0 Å². The van der Waals surface area contributed by atoms with E-state index in [1.54, 1.807) is 11.8 Å². The molecule has 0 spiro atoms. The Kier molecular flexibility index (Phi) is 6.62. The highest BCUT2D eigenvalue weighted by molar-refractivity contribution is 5.74. The Balaban J connectivity index is 2.40. The third kappa shape index (κ3) is 4.70. The highest BCUT2D eigenvalue weighted by Gasteiger charge is 2.34. The van der Waals surface area contributed by atoms with Gasteiger partial charge in [-0.25, -0.2) is 4.79 Å². The Labute approximate surface area is 114 Å². The van der Waals surface area contributed by atoms with E-state index in [1.807, 2.05) is 6.92 Å². The summed E-state index contributed by atoms with van der Waals surface area (Å²) < 4.78 is 10.1. The van der Waals surface area contributed by atoms with Crippen molar-refractivity contribution in [3.8, 4) is 0 Å². The molecular weight excluding hydrogens is 248 g/mol. The average Bonchev–Trinajstić information content (AvgIpc) is 2.39. The van der Waals surface area contributed by atoms with Crippen molar-refractivity contribution in [3.05, 3.63) is 0 Å². The molecule has 0 saturated carbocycles. The lowest BCUT2D eigenvalue weighted by Crippen LogP contribution is -2.53. The number of carbonyl (C=O) groups excluding carboxylic acids is 2. The Morgan fingerprint density at radius 2 is 2.05 bits per heavy atom. The van der Waals surface area contributed by atoms with Crippen LogP contribution in [0.2, 0.25) is 0 Å². The highest BCUT2D eigenvalue weighted by Crippen LogP contribution is 2.18. The van der Waals surface area contributed by atoms with E-state index in [0.29, 0.717) is 32.7 Å². The van der Waals surface area contributed by atoms with Crippen LogP contribution in [0, 0.1) is 5.92 Å². The van der Waals surface area contributed by atoms with Crippen molar-refractivity contribution in [1.29, 1.82) is 0 Å². The summed E-state index contributed by atoms with van der Waals surface area (Å²) in [6.45, 7) is 5.42. The first kappa shape index (κ1) is 15.8. The summed E-state index contributed by atoms with van der Waals surface area (Å²) in [4.78, 5) is 25.0. The minimum atomic E-state index is -0.383. The first-order valence-corrected chi connectivity index (χ1v) is 6.94. The largest absolute Gasteiger partial charge is 0.466 e. The molecule has 2 unspecified atom stereocenters. The normalized spacial score (nSPS) is 23.0. The zero-order chi connectivity index (χ0) is 14.3. The third-order valence-electron chi connectivity index (χ3n) is 3.23. The van der Waals surface area contributed by atoms with Crippen LogP contribution >= 0.6 is 0 Å². The topological polar surface area (TPSA) is 81.9 Å². The fourth-order valence-electron chi connectivity index (χ4n) is 2.08. The second kappa shape index (κ2) is 7.99. The molecule has 0 bridgehead atoms. The van der Waals surface area contributed by atoms with Crippen molar-refractivity contribution in [2.24, 2.45) is 11.7 Å². The Morgan fingerprint density at radius 3 is 2.63 bits per heavy atom. The predicted molar refractivity (Wildman–Crippen MR) is 70.5 cm³/mol. The van der Waals surface area contributed by atoms with Gasteiger partial charge in [-0.1, -0.05) is 13.3 Å². The standard InChI is InChI=1S/C13H24N2O4/c1-3-5-8-19-13(17)15-7-6-10(11(14)9-15)12(16)18-4-2/h10-11H,3-9,14H2,1-2H3. The fourth-order valence-corrected chi connectivity index (χ4v) is 2.08. The highest BCUT2D eigenvalue weighted by atomic mass is 16.6. The second-order valence-corrected chi connectivity index (χ2v) is 4.73. The van der Waals surface area contributed by atoms with Gasteiger partial charge in [-0.15, -0.1) is 0 Å². The number of unbranched alkanes of at least 4 members (excludes halogenated alkanes) is 1. The fraction of sp³-hybridized carbons (Fsp3) is 0.846. The summed E-state index contributed by atoms with van der Waals surface area (Å²) in [5.41, 5.74) is 5.94. The molecular formula is C13H24N2O4. The van der Waals surface area contributed by atoms with Gasteiger partial charge in [0.1, 0.15) is 0 Å². The van der Waals surface area contributed by atoms with Gasteiger partial charge >= 0.3 is 12.1 Å². The van der Waals surface area contributed by atoms with Gasteiger partial charge in [0, 0.05) is 19.1 Å². The summed E-state index contributed by atoms with van der Waals surface area (Å²) in [5.74, 6) is -0.589. The van der Waals surface area contributed by atoms with Gasteiger partial charge in [0.25, 0.3) is 0 Å². The van der Waals surface area contributed by atoms with Crippen LogP contribution in [0.3, 0.4) is 0 Å². The number of amides is 1. The van der Waals surface area contributed by atoms with Crippen LogP contribution < -0.4 is 5.73 Å². The maximum absolute atomic E-state index is 11.8. The molecule has 19 heavy (non-hydrogen) atoms. The van der Waals surface area contributed by atoms with Crippen LogP contribution in [0.25, 0.3) is 0 Å². The first-order chi connectivity index (χ1) is 9.10. The van der Waals surface area contributed by atoms with Gasteiger partial charge in [-0.2, -0.15) is 0 Å². The van der Waals surface area contributed by atoms with Crippen molar-refractivity contribution in [2.75, 3.05) is 26.3 Å². The lowest BCUT2D eigenvalue weighted by atomic mass is 9.92. The van der Waals surface area contributed by atoms with Crippen LogP contribution in [0.4, 0.5) is 4.79 Å². The molecule has 110 valence electrons. The van der Waals surface area contributed by atoms with E-state index >= 15 is 0 Å². The number of hydrogen-bond acceptors (Lipinski definition) is 5. The van der Waals surface area contributed by atoms with E-state index < -0.39 is 0 Å². The SMILES string of the molecule is CCCCOC(=O)N1CCC(C(=O)OCC)C(N)C1. The van der Waals surface area contributed by atoms with E-state index in [-0.39, 0.29) is 24.0 Å². The van der Waals surface area contributed by atoms with Gasteiger partial charge in [0.2, 0.25) is 0 Å². The molecule has 1 heterocycles. The molecule has 6 nitrogen and oxygen atoms in total. The molecule has 1 rings (SSSR count).